The van der Waals surface area contributed by atoms with Crippen LogP contribution in [-0.4, -0.2) is 33.5 Å². The third-order valence-corrected chi connectivity index (χ3v) is 5.90. The van der Waals surface area contributed by atoms with Crippen LogP contribution < -0.4 is 5.14 Å². The normalized spacial score (nSPS) is 11.6. The van der Waals surface area contributed by atoms with Crippen LogP contribution in [0, 0.1) is 37.8 Å². The molecule has 10 nitrogen and oxygen atoms in total. The Kier molecular flexibility index (Phi) is 5.35. The molecule has 0 unspecified atom stereocenters. The predicted molar refractivity (Wildman–Crippen MR) is 109 cm³/mol. The van der Waals surface area contributed by atoms with Crippen molar-refractivity contribution in [2.24, 2.45) is 5.14 Å². The van der Waals surface area contributed by atoms with Crippen LogP contribution in [0.15, 0.2) is 35.2 Å². The minimum absolute atomic E-state index is 0.00358. The van der Waals surface area contributed by atoms with Crippen LogP contribution in [0.2, 0.25) is 0 Å². The van der Waals surface area contributed by atoms with Crippen LogP contribution in [0.3, 0.4) is 0 Å². The molecule has 30 heavy (non-hydrogen) atoms. The Bertz CT molecular complexity index is 1270. The Morgan fingerprint density at radius 1 is 1.13 bits per heavy atom. The lowest BCUT2D eigenvalue weighted by atomic mass is 10.1. The van der Waals surface area contributed by atoms with Gasteiger partial charge in [0.15, 0.2) is 5.78 Å². The number of sulfonamides is 1. The summed E-state index contributed by atoms with van der Waals surface area (Å²) in [7, 11) is -3.80. The Hall–Kier alpha value is -3.31. The summed E-state index contributed by atoms with van der Waals surface area (Å²) >= 11 is 0. The topological polar surface area (TPSA) is 143 Å². The highest BCUT2D eigenvalue weighted by atomic mass is 32.2. The third-order valence-electron chi connectivity index (χ3n) is 4.97. The molecule has 158 valence electrons. The number of nitrogens with zero attached hydrogens (tertiary/aromatic N) is 4. The molecule has 0 aliphatic carbocycles. The van der Waals surface area contributed by atoms with E-state index in [1.54, 1.807) is 32.0 Å². The minimum atomic E-state index is -3.80. The Morgan fingerprint density at radius 2 is 1.73 bits per heavy atom. The van der Waals surface area contributed by atoms with Crippen molar-refractivity contribution >= 4 is 21.5 Å². The maximum atomic E-state index is 12.9. The zero-order valence-electron chi connectivity index (χ0n) is 16.9. The molecule has 0 saturated heterocycles. The molecule has 0 spiro atoms. The molecule has 2 heterocycles. The average molecular weight is 431 g/mol. The van der Waals surface area contributed by atoms with Gasteiger partial charge >= 0.3 is 5.69 Å². The van der Waals surface area contributed by atoms with Crippen molar-refractivity contribution in [3.05, 3.63) is 68.8 Å². The number of nitro groups is 1. The van der Waals surface area contributed by atoms with Gasteiger partial charge in [0.25, 0.3) is 0 Å². The van der Waals surface area contributed by atoms with Gasteiger partial charge in [-0.15, -0.1) is 0 Å². The lowest BCUT2D eigenvalue weighted by Gasteiger charge is -2.11. The number of ketones is 1. The van der Waals surface area contributed by atoms with Crippen molar-refractivity contribution in [3.63, 3.8) is 0 Å². The predicted octanol–water partition coefficient (Wildman–Crippen LogP) is 2.35. The number of carbonyl (C=O) groups is 1. The number of carbonyl (C=O) groups excluding carboxylic acids is 1. The van der Waals surface area contributed by atoms with Crippen LogP contribution in [0.1, 0.15) is 33.1 Å². The molecule has 11 heteroatoms. The lowest BCUT2D eigenvalue weighted by Crippen LogP contribution is -2.14. The maximum absolute atomic E-state index is 12.9. The Morgan fingerprint density at radius 3 is 2.23 bits per heavy atom. The molecule has 0 fully saturated rings. The Balaban J connectivity index is 1.95. The SMILES string of the molecule is Cc1nn(CC(=O)c2cc(C)n(-c3ccc(S(N)(=O)=O)cc3)c2C)c(C)c1[N+](=O)[O-]. The summed E-state index contributed by atoms with van der Waals surface area (Å²) in [5.41, 5.74) is 3.05. The molecule has 0 aliphatic heterocycles. The van der Waals surface area contributed by atoms with Crippen LogP contribution in [0.25, 0.3) is 5.69 Å². The molecule has 0 aliphatic rings. The molecular weight excluding hydrogens is 410 g/mol. The Labute approximate surface area is 173 Å². The number of benzene rings is 1. The second kappa shape index (κ2) is 7.50. The van der Waals surface area contributed by atoms with E-state index in [2.05, 4.69) is 5.10 Å². The molecule has 2 N–H and O–H groups in total. The van der Waals surface area contributed by atoms with E-state index < -0.39 is 14.9 Å². The molecule has 1 aromatic carbocycles. The van der Waals surface area contributed by atoms with E-state index >= 15 is 0 Å². The summed E-state index contributed by atoms with van der Waals surface area (Å²) in [5, 5.41) is 20.4. The van der Waals surface area contributed by atoms with Crippen molar-refractivity contribution in [3.8, 4) is 5.69 Å². The van der Waals surface area contributed by atoms with Crippen molar-refractivity contribution in [1.29, 1.82) is 0 Å². The minimum Gasteiger partial charge on any atom is -0.318 e. The zero-order valence-corrected chi connectivity index (χ0v) is 17.7. The number of aromatic nitrogens is 3. The molecule has 3 rings (SSSR count). The fourth-order valence-electron chi connectivity index (χ4n) is 3.55. The van der Waals surface area contributed by atoms with E-state index in [-0.39, 0.29) is 28.6 Å². The van der Waals surface area contributed by atoms with E-state index in [0.717, 1.165) is 5.69 Å². The van der Waals surface area contributed by atoms with Gasteiger partial charge in [0.1, 0.15) is 17.9 Å². The molecule has 0 atom stereocenters. The van der Waals surface area contributed by atoms with Gasteiger partial charge in [-0.05, 0) is 58.0 Å². The van der Waals surface area contributed by atoms with Crippen molar-refractivity contribution in [2.45, 2.75) is 39.1 Å². The van der Waals surface area contributed by atoms with Gasteiger partial charge in [0.05, 0.1) is 9.82 Å². The lowest BCUT2D eigenvalue weighted by molar-refractivity contribution is -0.386. The number of rotatable bonds is 6. The first kappa shape index (κ1) is 21.4. The van der Waals surface area contributed by atoms with Crippen molar-refractivity contribution < 1.29 is 18.1 Å². The number of nitrogens with two attached hydrogens (primary N) is 1. The van der Waals surface area contributed by atoms with Gasteiger partial charge in [0.2, 0.25) is 10.0 Å². The summed E-state index contributed by atoms with van der Waals surface area (Å²) < 4.78 is 26.1. The van der Waals surface area contributed by atoms with E-state index in [9.17, 15) is 23.3 Å². The van der Waals surface area contributed by atoms with E-state index in [1.807, 2.05) is 11.5 Å². The molecule has 0 radical (unpaired) electrons. The number of hydrogen-bond acceptors (Lipinski definition) is 6. The zero-order chi connectivity index (χ0) is 22.4. The number of primary sulfonamides is 1. The maximum Gasteiger partial charge on any atom is 0.312 e. The van der Waals surface area contributed by atoms with Gasteiger partial charge in [0, 0.05) is 22.6 Å². The standard InChI is InChI=1S/C19H21N5O5S/c1-11-9-17(18(25)10-22-14(4)19(24(26)27)12(2)21-22)13(3)23(11)15-5-7-16(8-6-15)30(20,28)29/h5-9H,10H2,1-4H3,(H2,20,28,29). The first-order chi connectivity index (χ1) is 13.9. The number of aryl methyl sites for hydroxylation is 2. The molecule has 0 bridgehead atoms. The van der Waals surface area contributed by atoms with Crippen LogP contribution in [-0.2, 0) is 16.6 Å². The van der Waals surface area contributed by atoms with Crippen LogP contribution >= 0.6 is 0 Å². The molecule has 3 aromatic rings. The van der Waals surface area contributed by atoms with Gasteiger partial charge < -0.3 is 4.57 Å². The van der Waals surface area contributed by atoms with Crippen molar-refractivity contribution in [1.82, 2.24) is 14.3 Å². The van der Waals surface area contributed by atoms with Gasteiger partial charge in [-0.1, -0.05) is 0 Å². The molecule has 2 aromatic heterocycles. The van der Waals surface area contributed by atoms with E-state index in [1.165, 1.54) is 23.7 Å². The van der Waals surface area contributed by atoms with Gasteiger partial charge in [-0.2, -0.15) is 5.10 Å². The van der Waals surface area contributed by atoms with Gasteiger partial charge in [-0.3, -0.25) is 19.6 Å². The monoisotopic (exact) mass is 431 g/mol. The highest BCUT2D eigenvalue weighted by Gasteiger charge is 2.24. The largest absolute Gasteiger partial charge is 0.318 e. The fourth-order valence-corrected chi connectivity index (χ4v) is 4.07. The highest BCUT2D eigenvalue weighted by Crippen LogP contribution is 2.25. The fraction of sp³-hybridized carbons (Fsp3) is 0.263. The third kappa shape index (κ3) is 3.76. The summed E-state index contributed by atoms with van der Waals surface area (Å²) in [6.07, 6.45) is 0. The molecular formula is C19H21N5O5S. The van der Waals surface area contributed by atoms with Crippen LogP contribution in [0.5, 0.6) is 0 Å². The van der Waals surface area contributed by atoms with Gasteiger partial charge in [-0.25, -0.2) is 13.6 Å². The van der Waals surface area contributed by atoms with Crippen molar-refractivity contribution in [2.75, 3.05) is 0 Å². The second-order valence-corrected chi connectivity index (χ2v) is 8.58. The summed E-state index contributed by atoms with van der Waals surface area (Å²) in [5.74, 6) is -0.240. The average Bonchev–Trinajstić information content (AvgIpc) is 3.09. The summed E-state index contributed by atoms with van der Waals surface area (Å²) in [6.45, 7) is 6.56. The summed E-state index contributed by atoms with van der Waals surface area (Å²) in [6, 6.07) is 7.75. The first-order valence-electron chi connectivity index (χ1n) is 8.95. The van der Waals surface area contributed by atoms with E-state index in [4.69, 9.17) is 5.14 Å². The number of hydrogen-bond donors (Lipinski definition) is 1. The molecule has 0 amide bonds. The first-order valence-corrected chi connectivity index (χ1v) is 10.5. The van der Waals surface area contributed by atoms with Crippen LogP contribution in [0.4, 0.5) is 5.69 Å². The second-order valence-electron chi connectivity index (χ2n) is 7.02. The van der Waals surface area contributed by atoms with E-state index in [0.29, 0.717) is 22.6 Å². The summed E-state index contributed by atoms with van der Waals surface area (Å²) in [4.78, 5) is 23.6. The smallest absolute Gasteiger partial charge is 0.312 e. The highest BCUT2D eigenvalue weighted by molar-refractivity contribution is 7.89. The quantitative estimate of drug-likeness (QED) is 0.360. The molecule has 0 saturated carbocycles. The number of Topliss-reactive ketones (excluding diaryl/α,β-unsaturated/α-hetero) is 1.